The van der Waals surface area contributed by atoms with Crippen LogP contribution in [0.25, 0.3) is 0 Å². The van der Waals surface area contributed by atoms with Gasteiger partial charge in [-0.2, -0.15) is 10.2 Å². The SMILES string of the molecule is CC(C)(C)OC(=O)Nc1ncc(C(O)c2ccccc2Cl)s1.CC(C)(C)OC(=O)Nc1nccs1.CC(C)(C)OC(=O)OC(=O)OC(C)(C)C.CN1N=C(C(=O)Nc2ncc(Cc3ccccc3Cl)s2)CCC1=O.CN1N=C(C(=O)O)CCC1=O.Nc1ncc(Cc2ccccc2Cl)s1.Nc1nccs1.O=Cc1ccccc1Cl. The molecule has 0 saturated carbocycles. The lowest BCUT2D eigenvalue weighted by Gasteiger charge is -2.20. The molecule has 612 valence electrons. The molecule has 2 aliphatic heterocycles. The predicted octanol–water partition coefficient (Wildman–Crippen LogP) is 18.0. The second kappa shape index (κ2) is 46.9. The van der Waals surface area contributed by atoms with E-state index in [1.165, 1.54) is 74.9 Å². The molecule has 2 aliphatic rings. The van der Waals surface area contributed by atoms with Gasteiger partial charge in [-0.05, 0) is 118 Å². The van der Waals surface area contributed by atoms with Crippen LogP contribution in [0.15, 0.2) is 149 Å². The van der Waals surface area contributed by atoms with E-state index in [1.807, 2.05) is 74.7 Å². The van der Waals surface area contributed by atoms with Gasteiger partial charge in [0.2, 0.25) is 11.8 Å². The number of rotatable bonds is 12. The Morgan fingerprint density at radius 1 is 0.518 bits per heavy atom. The number of aliphatic hydroxyl groups excluding tert-OH is 1. The number of carboxylic acids is 1. The van der Waals surface area contributed by atoms with Crippen molar-refractivity contribution in [3.05, 3.63) is 196 Å². The van der Waals surface area contributed by atoms with Crippen molar-refractivity contribution in [3.63, 3.8) is 0 Å². The van der Waals surface area contributed by atoms with Crippen LogP contribution < -0.4 is 27.4 Å². The van der Waals surface area contributed by atoms with Gasteiger partial charge in [0, 0.05) is 130 Å². The highest BCUT2D eigenvalue weighted by Gasteiger charge is 2.27. The molecule has 1 atom stereocenters. The van der Waals surface area contributed by atoms with E-state index in [4.69, 9.17) is 81.9 Å². The minimum absolute atomic E-state index is 0.0482. The summed E-state index contributed by atoms with van der Waals surface area (Å²) in [6.45, 7) is 20.8. The van der Waals surface area contributed by atoms with Crippen LogP contribution in [0.1, 0.15) is 157 Å². The molecule has 0 bridgehead atoms. The number of anilines is 5. The predicted molar refractivity (Wildman–Crippen MR) is 449 cm³/mol. The molecule has 114 heavy (non-hydrogen) atoms. The number of halogens is 4. The Balaban J connectivity index is 0.000000282. The van der Waals surface area contributed by atoms with Gasteiger partial charge in [0.1, 0.15) is 39.9 Å². The first-order valence-electron chi connectivity index (χ1n) is 34.0. The first-order valence-corrected chi connectivity index (χ1v) is 39.7. The number of carbonyl (C=O) groups is 9. The Hall–Kier alpha value is -10.1. The second-order valence-corrected chi connectivity index (χ2v) is 33.9. The fourth-order valence-electron chi connectivity index (χ4n) is 8.14. The standard InChI is InChI=1S/C16H15ClN4O2S.C15H17ClN2O3S.C10H9ClN2S.C10H18O5.C8H12N2O2S.C7H5ClO.C6H8N2O3.C3H4N2S/c1-21-14(22)7-6-13(20-21)15(23)19-16-18-9-11(24-16)8-10-4-2-3-5-12(10)17;1-15(2,3)21-14(20)18-13-17-8-11(22-13)12(19)9-6-4-5-7-10(9)16;11-9-4-2-1-3-7(9)5-8-6-13-10(12)14-8;1-9(2,3)14-7(11)13-8(12)15-10(4,5)6;1-8(2,3)12-7(11)10-6-9-4-5-13-6;8-7-4-2-1-3-6(7)5-9;1-8-5(9)3-2-4(7-8)6(10)11;4-3-5-1-2-6-3/h2-5,9H,6-8H2,1H3,(H,18,19,23);4-8,12,19H,1-3H3,(H,17,18,20);1-4,6H,5H2,(H2,12,13);1-6H3;4-5H,1-3H3,(H,9,10,11);1-5H;2-3H2,1H3,(H,10,11);1-2H,(H2,4,5). The van der Waals surface area contributed by atoms with E-state index in [9.17, 15) is 48.3 Å². The number of benzene rings is 4. The molecular weight excluding hydrogens is 1660 g/mol. The third-order valence-electron chi connectivity index (χ3n) is 13.0. The van der Waals surface area contributed by atoms with Crippen LogP contribution in [-0.4, -0.2) is 148 Å². The summed E-state index contributed by atoms with van der Waals surface area (Å²) in [5, 5.41) is 45.2. The number of carboxylic acid groups (broad SMARTS) is 1. The molecule has 7 heterocycles. The highest BCUT2D eigenvalue weighted by Crippen LogP contribution is 2.34. The third kappa shape index (κ3) is 39.1. The molecule has 0 aliphatic carbocycles. The first-order chi connectivity index (χ1) is 53.4. The molecule has 5 amide bonds. The third-order valence-corrected chi connectivity index (χ3v) is 18.4. The van der Waals surface area contributed by atoms with Crippen molar-refractivity contribution >= 4 is 195 Å². The Labute approximate surface area is 699 Å². The molecule has 5 aromatic heterocycles. The fraction of sp³-hybridized carbons (Fsp3) is 0.333. The van der Waals surface area contributed by atoms with Crippen LogP contribution in [0.5, 0.6) is 0 Å². The van der Waals surface area contributed by atoms with Crippen LogP contribution in [0, 0.1) is 0 Å². The number of aromatic nitrogens is 5. The van der Waals surface area contributed by atoms with E-state index in [0.717, 1.165) is 43.6 Å². The Kier molecular flexibility index (Phi) is 39.6. The summed E-state index contributed by atoms with van der Waals surface area (Å²) in [7, 11) is 2.99. The number of hydrazone groups is 2. The van der Waals surface area contributed by atoms with E-state index in [1.54, 1.807) is 148 Å². The number of thiazole rings is 5. The number of aliphatic carboxylic acids is 1. The Bertz CT molecular complexity index is 4660. The number of nitrogen functional groups attached to an aromatic ring is 2. The average Bonchev–Trinajstić information content (AvgIpc) is 1.60. The number of ether oxygens (including phenoxy) is 5. The molecule has 1 unspecified atom stereocenters. The molecule has 30 nitrogen and oxygen atoms in total. The maximum atomic E-state index is 12.2. The zero-order valence-electron chi connectivity index (χ0n) is 64.5. The van der Waals surface area contributed by atoms with Gasteiger partial charge in [-0.1, -0.05) is 131 Å². The number of nitrogens with zero attached hydrogens (tertiary/aromatic N) is 9. The number of carbonyl (C=O) groups excluding carboxylic acids is 8. The monoisotopic (exact) mass is 1740 g/mol. The topological polar surface area (TPSA) is 424 Å². The van der Waals surface area contributed by atoms with E-state index in [0.29, 0.717) is 81.7 Å². The van der Waals surface area contributed by atoms with E-state index < -0.39 is 59.0 Å². The largest absolute Gasteiger partial charge is 0.519 e. The van der Waals surface area contributed by atoms with Crippen LogP contribution >= 0.6 is 103 Å². The van der Waals surface area contributed by atoms with Gasteiger partial charge in [0.25, 0.3) is 5.91 Å². The lowest BCUT2D eigenvalue weighted by molar-refractivity contribution is -0.132. The van der Waals surface area contributed by atoms with Crippen molar-refractivity contribution in [1.29, 1.82) is 0 Å². The van der Waals surface area contributed by atoms with Crippen molar-refractivity contribution in [1.82, 2.24) is 34.9 Å². The minimum Gasteiger partial charge on any atom is -0.477 e. The molecule has 0 spiro atoms. The van der Waals surface area contributed by atoms with Crippen molar-refractivity contribution in [2.24, 2.45) is 10.2 Å². The summed E-state index contributed by atoms with van der Waals surface area (Å²) in [5.41, 5.74) is 11.9. The number of aliphatic hydroxyl groups is 1. The summed E-state index contributed by atoms with van der Waals surface area (Å²) >= 11 is 30.7. The van der Waals surface area contributed by atoms with Gasteiger partial charge >= 0.3 is 30.5 Å². The highest BCUT2D eigenvalue weighted by molar-refractivity contribution is 7.16. The van der Waals surface area contributed by atoms with Crippen molar-refractivity contribution in [2.45, 2.75) is 150 Å². The average molecular weight is 1740 g/mol. The number of hydrogen-bond donors (Lipinski definition) is 7. The summed E-state index contributed by atoms with van der Waals surface area (Å²) in [5.74, 6) is -1.62. The van der Waals surface area contributed by atoms with Gasteiger partial charge in [0.15, 0.2) is 31.9 Å². The zero-order valence-corrected chi connectivity index (χ0v) is 71.6. The number of nitrogens with one attached hydrogen (secondary N) is 3. The minimum atomic E-state index is -1.06. The zero-order chi connectivity index (χ0) is 85.1. The van der Waals surface area contributed by atoms with E-state index >= 15 is 0 Å². The molecule has 9 N–H and O–H groups in total. The van der Waals surface area contributed by atoms with Gasteiger partial charge < -0.3 is 45.4 Å². The maximum Gasteiger partial charge on any atom is 0.519 e. The molecular formula is C75H88Cl4N14O16S5. The van der Waals surface area contributed by atoms with E-state index in [-0.39, 0.29) is 36.3 Å². The smallest absolute Gasteiger partial charge is 0.477 e. The summed E-state index contributed by atoms with van der Waals surface area (Å²) in [4.78, 5) is 122. The number of amides is 5. The lowest BCUT2D eigenvalue weighted by atomic mass is 10.1. The molecule has 4 aromatic carbocycles. The van der Waals surface area contributed by atoms with Crippen molar-refractivity contribution < 1.29 is 77.0 Å². The summed E-state index contributed by atoms with van der Waals surface area (Å²) in [6, 6.07) is 29.4. The Morgan fingerprint density at radius 2 is 0.956 bits per heavy atom. The van der Waals surface area contributed by atoms with Crippen LogP contribution in [-0.2, 0) is 55.7 Å². The van der Waals surface area contributed by atoms with Gasteiger partial charge in [-0.3, -0.25) is 35.1 Å². The fourth-order valence-corrected chi connectivity index (χ4v) is 12.2. The van der Waals surface area contributed by atoms with Crippen LogP contribution in [0.4, 0.5) is 44.8 Å². The highest BCUT2D eigenvalue weighted by atomic mass is 35.5. The lowest BCUT2D eigenvalue weighted by Crippen LogP contribution is -2.34. The molecule has 9 aromatic rings. The molecule has 39 heteroatoms. The number of nitrogens with two attached hydrogens (primary N) is 2. The van der Waals surface area contributed by atoms with Gasteiger partial charge in [-0.25, -0.2) is 58.9 Å². The van der Waals surface area contributed by atoms with Crippen molar-refractivity contribution in [3.8, 4) is 0 Å². The normalized spacial score (nSPS) is 12.5. The van der Waals surface area contributed by atoms with E-state index in [2.05, 4.69) is 55.8 Å². The molecule has 0 saturated heterocycles. The first kappa shape index (κ1) is 96.3. The second-order valence-electron chi connectivity index (χ2n) is 27.1. The quantitative estimate of drug-likeness (QED) is 0.0258. The molecule has 0 radical (unpaired) electrons. The van der Waals surface area contributed by atoms with Crippen LogP contribution in [0.2, 0.25) is 20.1 Å². The van der Waals surface area contributed by atoms with Crippen molar-refractivity contribution in [2.75, 3.05) is 41.5 Å². The molecule has 0 fully saturated rings. The van der Waals surface area contributed by atoms with Crippen LogP contribution in [0.3, 0.4) is 0 Å². The molecule has 11 rings (SSSR count). The maximum absolute atomic E-state index is 12.2. The van der Waals surface area contributed by atoms with Gasteiger partial charge in [-0.15, -0.1) is 45.3 Å². The summed E-state index contributed by atoms with van der Waals surface area (Å²) in [6.07, 6.45) is 7.57. The summed E-state index contributed by atoms with van der Waals surface area (Å²) < 4.78 is 24.0. The van der Waals surface area contributed by atoms with Gasteiger partial charge in [0.05, 0.1) is 9.90 Å². The number of aldehydes is 1. The Morgan fingerprint density at radius 3 is 1.38 bits per heavy atom. The number of hydrogen-bond acceptors (Lipinski definition) is 29.